The van der Waals surface area contributed by atoms with Gasteiger partial charge in [0.25, 0.3) is 0 Å². The van der Waals surface area contributed by atoms with Gasteiger partial charge in [-0.2, -0.15) is 0 Å². The van der Waals surface area contributed by atoms with Crippen molar-refractivity contribution in [2.45, 2.75) is 33.1 Å². The second kappa shape index (κ2) is 10.1. The Labute approximate surface area is 182 Å². The first-order valence-corrected chi connectivity index (χ1v) is 10.7. The van der Waals surface area contributed by atoms with E-state index < -0.39 is 5.97 Å². The molecule has 2 N–H and O–H groups in total. The lowest BCUT2D eigenvalue weighted by Crippen LogP contribution is -2.47. The molecule has 3 rings (SSSR count). The van der Waals surface area contributed by atoms with Crippen LogP contribution in [0.2, 0.25) is 0 Å². The molecule has 0 unspecified atom stereocenters. The zero-order valence-corrected chi connectivity index (χ0v) is 18.1. The predicted octanol–water partition coefficient (Wildman–Crippen LogP) is 4.04. The molecular weight excluding hydrogens is 394 g/mol. The van der Waals surface area contributed by atoms with Gasteiger partial charge < -0.3 is 20.2 Å². The van der Waals surface area contributed by atoms with Gasteiger partial charge in [-0.3, -0.25) is 9.59 Å². The number of nitrogens with one attached hydrogen (secondary N) is 1. The molecular formula is C24H29N3O4. The summed E-state index contributed by atoms with van der Waals surface area (Å²) >= 11 is 0. The second-order valence-electron chi connectivity index (χ2n) is 7.77. The van der Waals surface area contributed by atoms with E-state index in [-0.39, 0.29) is 17.3 Å². The highest BCUT2D eigenvalue weighted by molar-refractivity contribution is 5.98. The fraction of sp³-hybridized carbons (Fsp3) is 0.375. The summed E-state index contributed by atoms with van der Waals surface area (Å²) in [5.41, 5.74) is 3.09. The number of unbranched alkanes of at least 4 members (excludes halogenated alkanes) is 1. The molecule has 31 heavy (non-hydrogen) atoms. The van der Waals surface area contributed by atoms with Gasteiger partial charge in [-0.1, -0.05) is 13.3 Å². The number of piperazine rings is 1. The van der Waals surface area contributed by atoms with Gasteiger partial charge in [-0.25, -0.2) is 4.79 Å². The number of benzene rings is 2. The van der Waals surface area contributed by atoms with Gasteiger partial charge in [0, 0.05) is 49.5 Å². The third kappa shape index (κ3) is 5.63. The van der Waals surface area contributed by atoms with Crippen molar-refractivity contribution in [2.24, 2.45) is 0 Å². The molecule has 0 aliphatic carbocycles. The summed E-state index contributed by atoms with van der Waals surface area (Å²) in [6.07, 6.45) is 2.16. The molecule has 7 nitrogen and oxygen atoms in total. The summed E-state index contributed by atoms with van der Waals surface area (Å²) in [6.45, 7) is 6.41. The molecule has 164 valence electrons. The molecule has 0 spiro atoms. The van der Waals surface area contributed by atoms with Crippen molar-refractivity contribution >= 4 is 34.7 Å². The van der Waals surface area contributed by atoms with Gasteiger partial charge in [0.15, 0.2) is 5.78 Å². The van der Waals surface area contributed by atoms with Gasteiger partial charge in [0.1, 0.15) is 0 Å². The number of carbonyl (C=O) groups excluding carboxylic acids is 2. The number of Topliss-reactive ketones (excluding diaryl/α,β-unsaturated/α-hetero) is 1. The largest absolute Gasteiger partial charge is 0.478 e. The average molecular weight is 424 g/mol. The Kier molecular flexibility index (Phi) is 7.28. The topological polar surface area (TPSA) is 90.0 Å². The van der Waals surface area contributed by atoms with E-state index in [1.54, 1.807) is 19.1 Å². The molecule has 0 bridgehead atoms. The van der Waals surface area contributed by atoms with Crippen LogP contribution in [0.3, 0.4) is 0 Å². The molecule has 1 aliphatic rings. The molecule has 0 atom stereocenters. The maximum Gasteiger partial charge on any atom is 0.337 e. The summed E-state index contributed by atoms with van der Waals surface area (Å²) in [6, 6.07) is 12.6. The lowest BCUT2D eigenvalue weighted by Gasteiger charge is -2.38. The number of anilines is 3. The van der Waals surface area contributed by atoms with E-state index in [0.29, 0.717) is 36.4 Å². The molecule has 2 aromatic rings. The predicted molar refractivity (Wildman–Crippen MR) is 122 cm³/mol. The zero-order chi connectivity index (χ0) is 22.4. The number of ketones is 1. The molecule has 1 aliphatic heterocycles. The number of carbonyl (C=O) groups is 3. The molecule has 0 radical (unpaired) electrons. The van der Waals surface area contributed by atoms with Crippen LogP contribution in [0.5, 0.6) is 0 Å². The molecule has 1 fully saturated rings. The van der Waals surface area contributed by atoms with Crippen LogP contribution in [0.1, 0.15) is 53.8 Å². The van der Waals surface area contributed by atoms with Crippen molar-refractivity contribution in [1.29, 1.82) is 0 Å². The molecule has 0 aromatic heterocycles. The number of rotatable bonds is 8. The minimum absolute atomic E-state index is 0.0440. The van der Waals surface area contributed by atoms with Crippen molar-refractivity contribution in [3.8, 4) is 0 Å². The summed E-state index contributed by atoms with van der Waals surface area (Å²) < 4.78 is 0. The second-order valence-corrected chi connectivity index (χ2v) is 7.77. The number of aromatic carboxylic acids is 1. The third-order valence-corrected chi connectivity index (χ3v) is 5.53. The van der Waals surface area contributed by atoms with E-state index in [9.17, 15) is 19.5 Å². The summed E-state index contributed by atoms with van der Waals surface area (Å²) in [7, 11) is 0. The minimum Gasteiger partial charge on any atom is -0.478 e. The van der Waals surface area contributed by atoms with Crippen molar-refractivity contribution < 1.29 is 19.5 Å². The van der Waals surface area contributed by atoms with Crippen LogP contribution in [-0.2, 0) is 4.79 Å². The maximum absolute atomic E-state index is 12.0. The molecule has 0 saturated carbocycles. The summed E-state index contributed by atoms with van der Waals surface area (Å²) in [5.74, 6) is -1.07. The Morgan fingerprint density at radius 3 is 2.19 bits per heavy atom. The van der Waals surface area contributed by atoms with E-state index in [4.69, 9.17) is 0 Å². The van der Waals surface area contributed by atoms with E-state index in [0.717, 1.165) is 31.6 Å². The fourth-order valence-electron chi connectivity index (χ4n) is 3.73. The fourth-order valence-corrected chi connectivity index (χ4v) is 3.73. The number of carboxylic acid groups (broad SMARTS) is 1. The van der Waals surface area contributed by atoms with Crippen molar-refractivity contribution in [2.75, 3.05) is 41.3 Å². The monoisotopic (exact) mass is 423 g/mol. The highest BCUT2D eigenvalue weighted by atomic mass is 16.4. The molecule has 7 heteroatoms. The van der Waals surface area contributed by atoms with E-state index in [2.05, 4.69) is 15.1 Å². The summed E-state index contributed by atoms with van der Waals surface area (Å²) in [5, 5.41) is 12.5. The molecule has 2 aromatic carbocycles. The SMILES string of the molecule is CCCCC(=O)Nc1ccc(N2CCN(c3ccc(C(C)=O)cc3)CC2)c(C(=O)O)c1. The zero-order valence-electron chi connectivity index (χ0n) is 18.1. The van der Waals surface area contributed by atoms with Crippen LogP contribution in [0.4, 0.5) is 17.1 Å². The Hall–Kier alpha value is -3.35. The first-order chi connectivity index (χ1) is 14.9. The highest BCUT2D eigenvalue weighted by Gasteiger charge is 2.22. The van der Waals surface area contributed by atoms with E-state index in [1.165, 1.54) is 6.07 Å². The number of hydrogen-bond donors (Lipinski definition) is 2. The van der Waals surface area contributed by atoms with Crippen molar-refractivity contribution in [3.05, 3.63) is 53.6 Å². The number of nitrogens with zero attached hydrogens (tertiary/aromatic N) is 2. The quantitative estimate of drug-likeness (QED) is 0.623. The van der Waals surface area contributed by atoms with Crippen LogP contribution in [0.25, 0.3) is 0 Å². The Morgan fingerprint density at radius 1 is 0.968 bits per heavy atom. The number of amides is 1. The lowest BCUT2D eigenvalue weighted by atomic mass is 10.1. The maximum atomic E-state index is 12.0. The van der Waals surface area contributed by atoms with Crippen LogP contribution < -0.4 is 15.1 Å². The van der Waals surface area contributed by atoms with Gasteiger partial charge in [-0.05, 0) is 55.8 Å². The van der Waals surface area contributed by atoms with Gasteiger partial charge in [0.2, 0.25) is 5.91 Å². The third-order valence-electron chi connectivity index (χ3n) is 5.53. The first-order valence-electron chi connectivity index (χ1n) is 10.7. The molecule has 1 amide bonds. The Morgan fingerprint density at radius 2 is 1.61 bits per heavy atom. The lowest BCUT2D eigenvalue weighted by molar-refractivity contribution is -0.116. The summed E-state index contributed by atoms with van der Waals surface area (Å²) in [4.78, 5) is 39.6. The number of hydrogen-bond acceptors (Lipinski definition) is 5. The minimum atomic E-state index is -1.01. The standard InChI is InChI=1S/C24H29N3O4/c1-3-4-5-23(29)25-19-8-11-22(21(16-19)24(30)31)27-14-12-26(13-15-27)20-9-6-18(7-10-20)17(2)28/h6-11,16H,3-5,12-15H2,1-2H3,(H,25,29)(H,30,31). The van der Waals surface area contributed by atoms with Crippen LogP contribution >= 0.6 is 0 Å². The first kappa shape index (κ1) is 22.3. The van der Waals surface area contributed by atoms with E-state index in [1.807, 2.05) is 31.2 Å². The van der Waals surface area contributed by atoms with E-state index >= 15 is 0 Å². The highest BCUT2D eigenvalue weighted by Crippen LogP contribution is 2.27. The smallest absolute Gasteiger partial charge is 0.337 e. The van der Waals surface area contributed by atoms with Gasteiger partial charge >= 0.3 is 5.97 Å². The normalized spacial score (nSPS) is 13.7. The molecule has 1 saturated heterocycles. The Bertz CT molecular complexity index is 948. The van der Waals surface area contributed by atoms with Crippen LogP contribution in [0.15, 0.2) is 42.5 Å². The molecule has 1 heterocycles. The Balaban J connectivity index is 1.68. The van der Waals surface area contributed by atoms with Crippen LogP contribution in [0, 0.1) is 0 Å². The average Bonchev–Trinajstić information content (AvgIpc) is 2.78. The van der Waals surface area contributed by atoms with Crippen molar-refractivity contribution in [3.63, 3.8) is 0 Å². The van der Waals surface area contributed by atoms with Crippen molar-refractivity contribution in [1.82, 2.24) is 0 Å². The van der Waals surface area contributed by atoms with Gasteiger partial charge in [0.05, 0.1) is 11.3 Å². The van der Waals surface area contributed by atoms with Crippen LogP contribution in [-0.4, -0.2) is 48.9 Å². The number of carboxylic acids is 1. The van der Waals surface area contributed by atoms with Gasteiger partial charge in [-0.15, -0.1) is 0 Å².